The Morgan fingerprint density at radius 3 is 2.32 bits per heavy atom. The highest BCUT2D eigenvalue weighted by Gasteiger charge is 2.21. The van der Waals surface area contributed by atoms with Crippen molar-refractivity contribution in [2.24, 2.45) is 0 Å². The van der Waals surface area contributed by atoms with E-state index in [0.717, 1.165) is 0 Å². The normalized spacial score (nSPS) is 11.4. The first kappa shape index (κ1) is 20.3. The minimum absolute atomic E-state index is 0.0804. The van der Waals surface area contributed by atoms with Crippen molar-refractivity contribution >= 4 is 17.9 Å². The van der Waals surface area contributed by atoms with Gasteiger partial charge in [0.25, 0.3) is 5.91 Å². The molecule has 25 heavy (non-hydrogen) atoms. The van der Waals surface area contributed by atoms with Gasteiger partial charge in [0.1, 0.15) is 11.5 Å². The van der Waals surface area contributed by atoms with Crippen molar-refractivity contribution in [1.29, 1.82) is 0 Å². The molecular weight excluding hydrogens is 328 g/mol. The van der Waals surface area contributed by atoms with E-state index in [2.05, 4.69) is 10.6 Å². The first-order valence-electron chi connectivity index (χ1n) is 7.78. The summed E-state index contributed by atoms with van der Waals surface area (Å²) in [7, 11) is 3.01. The molecule has 0 aliphatic rings. The number of hydrogen-bond donors (Lipinski definition) is 2. The molecule has 3 amide bonds. The SMILES string of the molecule is COc1ccc(CC(=O)O[C@@H](C)C(=O)NC(=O)NC(C)C)c(OC)c1. The fourth-order valence-electron chi connectivity index (χ4n) is 1.96. The van der Waals surface area contributed by atoms with Crippen molar-refractivity contribution in [3.05, 3.63) is 23.8 Å². The van der Waals surface area contributed by atoms with E-state index in [9.17, 15) is 14.4 Å². The number of hydrogen-bond acceptors (Lipinski definition) is 6. The van der Waals surface area contributed by atoms with Gasteiger partial charge in [0.15, 0.2) is 6.10 Å². The molecule has 0 fully saturated rings. The highest BCUT2D eigenvalue weighted by atomic mass is 16.5. The van der Waals surface area contributed by atoms with Gasteiger partial charge in [-0.1, -0.05) is 6.07 Å². The highest BCUT2D eigenvalue weighted by molar-refractivity contribution is 5.97. The Kier molecular flexibility index (Phi) is 7.71. The molecule has 0 spiro atoms. The summed E-state index contributed by atoms with van der Waals surface area (Å²) in [6.45, 7) is 4.91. The van der Waals surface area contributed by atoms with Crippen LogP contribution >= 0.6 is 0 Å². The maximum Gasteiger partial charge on any atom is 0.321 e. The Morgan fingerprint density at radius 2 is 1.76 bits per heavy atom. The van der Waals surface area contributed by atoms with E-state index >= 15 is 0 Å². The van der Waals surface area contributed by atoms with Gasteiger partial charge in [0.05, 0.1) is 20.6 Å². The van der Waals surface area contributed by atoms with Crippen molar-refractivity contribution in [2.45, 2.75) is 39.3 Å². The lowest BCUT2D eigenvalue weighted by Gasteiger charge is -2.15. The van der Waals surface area contributed by atoms with Crippen LogP contribution in [0, 0.1) is 0 Å². The van der Waals surface area contributed by atoms with Gasteiger partial charge in [-0.05, 0) is 26.8 Å². The monoisotopic (exact) mass is 352 g/mol. The predicted molar refractivity (Wildman–Crippen MR) is 90.6 cm³/mol. The maximum atomic E-state index is 12.0. The fourth-order valence-corrected chi connectivity index (χ4v) is 1.96. The van der Waals surface area contributed by atoms with Gasteiger partial charge in [0.2, 0.25) is 0 Å². The van der Waals surface area contributed by atoms with E-state index < -0.39 is 24.0 Å². The number of rotatable bonds is 7. The molecule has 0 saturated carbocycles. The lowest BCUT2D eigenvalue weighted by atomic mass is 10.1. The zero-order valence-corrected chi connectivity index (χ0v) is 15.0. The summed E-state index contributed by atoms with van der Waals surface area (Å²) in [6, 6.07) is 4.26. The lowest BCUT2D eigenvalue weighted by Crippen LogP contribution is -2.46. The zero-order valence-electron chi connectivity index (χ0n) is 15.0. The van der Waals surface area contributed by atoms with Crippen LogP contribution in [0.25, 0.3) is 0 Å². The number of amides is 3. The van der Waals surface area contributed by atoms with E-state index in [1.54, 1.807) is 32.0 Å². The van der Waals surface area contributed by atoms with Gasteiger partial charge >= 0.3 is 12.0 Å². The topological polar surface area (TPSA) is 103 Å². The number of esters is 1. The minimum atomic E-state index is -1.10. The van der Waals surface area contributed by atoms with Gasteiger partial charge in [-0.25, -0.2) is 4.79 Å². The summed E-state index contributed by atoms with van der Waals surface area (Å²) < 4.78 is 15.4. The van der Waals surface area contributed by atoms with Crippen LogP contribution < -0.4 is 20.1 Å². The Hall–Kier alpha value is -2.77. The Labute approximate surface area is 146 Å². The molecule has 0 bridgehead atoms. The summed E-state index contributed by atoms with van der Waals surface area (Å²) in [5.41, 5.74) is 0.596. The van der Waals surface area contributed by atoms with Gasteiger partial charge < -0.3 is 19.5 Å². The smallest absolute Gasteiger partial charge is 0.321 e. The van der Waals surface area contributed by atoms with Crippen molar-refractivity contribution < 1.29 is 28.6 Å². The third kappa shape index (κ3) is 6.70. The molecule has 0 saturated heterocycles. The summed E-state index contributed by atoms with van der Waals surface area (Å²) in [5, 5.41) is 4.62. The minimum Gasteiger partial charge on any atom is -0.497 e. The summed E-state index contributed by atoms with van der Waals surface area (Å²) in [5.74, 6) is -0.244. The number of ether oxygens (including phenoxy) is 3. The van der Waals surface area contributed by atoms with Crippen LogP contribution in [0.5, 0.6) is 11.5 Å². The predicted octanol–water partition coefficient (Wildman–Crippen LogP) is 1.41. The molecule has 1 aromatic rings. The quantitative estimate of drug-likeness (QED) is 0.719. The molecule has 0 heterocycles. The Morgan fingerprint density at radius 1 is 1.08 bits per heavy atom. The number of benzene rings is 1. The van der Waals surface area contributed by atoms with E-state index in [-0.39, 0.29) is 12.5 Å². The summed E-state index contributed by atoms with van der Waals surface area (Å²) in [4.78, 5) is 35.3. The van der Waals surface area contributed by atoms with E-state index in [1.165, 1.54) is 21.1 Å². The van der Waals surface area contributed by atoms with Crippen LogP contribution in [0.4, 0.5) is 4.79 Å². The molecule has 0 radical (unpaired) electrons. The molecule has 0 aromatic heterocycles. The summed E-state index contributed by atoms with van der Waals surface area (Å²) >= 11 is 0. The third-order valence-corrected chi connectivity index (χ3v) is 3.16. The largest absolute Gasteiger partial charge is 0.497 e. The van der Waals surface area contributed by atoms with Gasteiger partial charge in [-0.2, -0.15) is 0 Å². The molecule has 8 heteroatoms. The van der Waals surface area contributed by atoms with Crippen molar-refractivity contribution in [3.8, 4) is 11.5 Å². The second-order valence-electron chi connectivity index (χ2n) is 5.60. The molecule has 1 atom stereocenters. The van der Waals surface area contributed by atoms with Crippen LogP contribution in [-0.4, -0.2) is 44.3 Å². The van der Waals surface area contributed by atoms with Crippen LogP contribution in [0.15, 0.2) is 18.2 Å². The van der Waals surface area contributed by atoms with E-state index in [1.807, 2.05) is 0 Å². The molecule has 1 aromatic carbocycles. The van der Waals surface area contributed by atoms with Crippen LogP contribution in [0.1, 0.15) is 26.3 Å². The third-order valence-electron chi connectivity index (χ3n) is 3.16. The second kappa shape index (κ2) is 9.51. The van der Waals surface area contributed by atoms with Crippen LogP contribution in [-0.2, 0) is 20.7 Å². The molecule has 0 unspecified atom stereocenters. The highest BCUT2D eigenvalue weighted by Crippen LogP contribution is 2.25. The van der Waals surface area contributed by atoms with Crippen LogP contribution in [0.3, 0.4) is 0 Å². The molecule has 0 aliphatic carbocycles. The second-order valence-corrected chi connectivity index (χ2v) is 5.60. The first-order chi connectivity index (χ1) is 11.8. The maximum absolute atomic E-state index is 12.0. The number of carbonyl (C=O) groups is 3. The van der Waals surface area contributed by atoms with E-state index in [4.69, 9.17) is 14.2 Å². The van der Waals surface area contributed by atoms with Crippen molar-refractivity contribution in [3.63, 3.8) is 0 Å². The van der Waals surface area contributed by atoms with Crippen LogP contribution in [0.2, 0.25) is 0 Å². The standard InChI is InChI=1S/C17H24N2O6/c1-10(2)18-17(22)19-16(21)11(3)25-15(20)8-12-6-7-13(23-4)9-14(12)24-5/h6-7,9-11H,8H2,1-5H3,(H2,18,19,21,22)/t11-/m0/s1. The molecule has 0 aliphatic heterocycles. The number of nitrogens with one attached hydrogen (secondary N) is 2. The van der Waals surface area contributed by atoms with Crippen molar-refractivity contribution in [2.75, 3.05) is 14.2 Å². The number of methoxy groups -OCH3 is 2. The fraction of sp³-hybridized carbons (Fsp3) is 0.471. The van der Waals surface area contributed by atoms with Crippen molar-refractivity contribution in [1.82, 2.24) is 10.6 Å². The zero-order chi connectivity index (χ0) is 19.0. The number of urea groups is 1. The number of imide groups is 1. The molecular formula is C17H24N2O6. The van der Waals surface area contributed by atoms with Gasteiger partial charge in [-0.15, -0.1) is 0 Å². The van der Waals surface area contributed by atoms with Gasteiger partial charge in [0, 0.05) is 17.7 Å². The first-order valence-corrected chi connectivity index (χ1v) is 7.78. The summed E-state index contributed by atoms with van der Waals surface area (Å²) in [6.07, 6.45) is -1.18. The van der Waals surface area contributed by atoms with Gasteiger partial charge in [-0.3, -0.25) is 14.9 Å². The number of carbonyl (C=O) groups excluding carboxylic acids is 3. The average Bonchev–Trinajstić information content (AvgIpc) is 2.54. The van der Waals surface area contributed by atoms with E-state index in [0.29, 0.717) is 17.1 Å². The lowest BCUT2D eigenvalue weighted by molar-refractivity contribution is -0.153. The molecule has 8 nitrogen and oxygen atoms in total. The average molecular weight is 352 g/mol. The Bertz CT molecular complexity index is 630. The Balaban J connectivity index is 2.61. The molecule has 2 N–H and O–H groups in total. The molecule has 1 rings (SSSR count). The molecule has 138 valence electrons.